The van der Waals surface area contributed by atoms with Gasteiger partial charge in [0.15, 0.2) is 0 Å². The van der Waals surface area contributed by atoms with Gasteiger partial charge in [0.2, 0.25) is 0 Å². The Morgan fingerprint density at radius 1 is 1.14 bits per heavy atom. The molecule has 0 saturated heterocycles. The zero-order chi connectivity index (χ0) is 19.8. The Morgan fingerprint density at radius 2 is 2.00 bits per heavy atom. The standard InChI is InChI=1S/C22H21N3O3/c1-16-8-3-4-11-21(16)28-13-6-5-12-23-22(26)20-15-19(24-25-20)17-9-7-10-18(14-17)27-2/h3-4,7-11,14-15H,12-13H2,1-2H3,(H,23,26)(H,24,25). The molecule has 28 heavy (non-hydrogen) atoms. The van der Waals surface area contributed by atoms with Gasteiger partial charge in [0.05, 0.1) is 19.3 Å². The molecule has 0 spiro atoms. The third-order valence-electron chi connectivity index (χ3n) is 4.04. The highest BCUT2D eigenvalue weighted by molar-refractivity contribution is 5.93. The molecule has 1 aromatic heterocycles. The van der Waals surface area contributed by atoms with E-state index in [-0.39, 0.29) is 19.1 Å². The lowest BCUT2D eigenvalue weighted by Crippen LogP contribution is -2.24. The van der Waals surface area contributed by atoms with E-state index < -0.39 is 0 Å². The summed E-state index contributed by atoms with van der Waals surface area (Å²) in [4.78, 5) is 12.2. The number of aromatic amines is 1. The van der Waals surface area contributed by atoms with E-state index in [1.165, 1.54) is 0 Å². The van der Waals surface area contributed by atoms with E-state index in [2.05, 4.69) is 27.4 Å². The van der Waals surface area contributed by atoms with Crippen molar-refractivity contribution in [1.82, 2.24) is 15.5 Å². The van der Waals surface area contributed by atoms with Crippen LogP contribution in [-0.4, -0.2) is 36.4 Å². The molecule has 1 heterocycles. The fourth-order valence-corrected chi connectivity index (χ4v) is 2.53. The largest absolute Gasteiger partial charge is 0.497 e. The molecular formula is C22H21N3O3. The van der Waals surface area contributed by atoms with Crippen LogP contribution in [0.15, 0.2) is 54.6 Å². The van der Waals surface area contributed by atoms with Crippen molar-refractivity contribution in [2.45, 2.75) is 6.92 Å². The van der Waals surface area contributed by atoms with Crippen molar-refractivity contribution in [2.75, 3.05) is 20.3 Å². The topological polar surface area (TPSA) is 76.2 Å². The Kier molecular flexibility index (Phi) is 6.32. The lowest BCUT2D eigenvalue weighted by Gasteiger charge is -2.04. The summed E-state index contributed by atoms with van der Waals surface area (Å²) >= 11 is 0. The quantitative estimate of drug-likeness (QED) is 0.649. The summed E-state index contributed by atoms with van der Waals surface area (Å²) in [5.41, 5.74) is 2.96. The molecule has 0 radical (unpaired) electrons. The van der Waals surface area contributed by atoms with Gasteiger partial charge in [-0.25, -0.2) is 0 Å². The maximum Gasteiger partial charge on any atom is 0.270 e. The van der Waals surface area contributed by atoms with E-state index in [9.17, 15) is 4.79 Å². The average molecular weight is 375 g/mol. The maximum absolute atomic E-state index is 12.2. The van der Waals surface area contributed by atoms with Crippen LogP contribution in [0.4, 0.5) is 0 Å². The number of methoxy groups -OCH3 is 1. The number of rotatable bonds is 6. The predicted octanol–water partition coefficient (Wildman–Crippen LogP) is 3.21. The number of carbonyl (C=O) groups is 1. The molecule has 0 bridgehead atoms. The summed E-state index contributed by atoms with van der Waals surface area (Å²) in [5.74, 6) is 7.03. The first-order valence-electron chi connectivity index (χ1n) is 8.79. The van der Waals surface area contributed by atoms with E-state index in [1.807, 2.05) is 55.5 Å². The Morgan fingerprint density at radius 3 is 2.82 bits per heavy atom. The minimum Gasteiger partial charge on any atom is -0.497 e. The monoisotopic (exact) mass is 375 g/mol. The van der Waals surface area contributed by atoms with Crippen LogP contribution in [0.5, 0.6) is 11.5 Å². The molecule has 6 nitrogen and oxygen atoms in total. The second kappa shape index (κ2) is 9.28. The van der Waals surface area contributed by atoms with Crippen molar-refractivity contribution in [3.8, 4) is 34.6 Å². The molecule has 142 valence electrons. The highest BCUT2D eigenvalue weighted by Gasteiger charge is 2.10. The molecule has 6 heteroatoms. The molecule has 0 fully saturated rings. The molecule has 2 N–H and O–H groups in total. The van der Waals surface area contributed by atoms with Crippen molar-refractivity contribution in [3.05, 3.63) is 65.9 Å². The molecule has 0 aliphatic rings. The molecule has 3 rings (SSSR count). The number of para-hydroxylation sites is 1. The van der Waals surface area contributed by atoms with Gasteiger partial charge in [0.1, 0.15) is 23.8 Å². The molecule has 0 atom stereocenters. The number of aryl methyl sites for hydroxylation is 1. The van der Waals surface area contributed by atoms with Gasteiger partial charge in [-0.05, 0) is 36.8 Å². The van der Waals surface area contributed by atoms with Gasteiger partial charge in [-0.15, -0.1) is 0 Å². The van der Waals surface area contributed by atoms with Gasteiger partial charge in [0.25, 0.3) is 5.91 Å². The number of benzene rings is 2. The second-order valence-corrected chi connectivity index (χ2v) is 5.99. The number of H-pyrrole nitrogens is 1. The minimum atomic E-state index is -0.268. The lowest BCUT2D eigenvalue weighted by atomic mass is 10.1. The van der Waals surface area contributed by atoms with Crippen LogP contribution in [0, 0.1) is 18.8 Å². The number of hydrogen-bond acceptors (Lipinski definition) is 4. The van der Waals surface area contributed by atoms with E-state index in [1.54, 1.807) is 13.2 Å². The molecule has 0 unspecified atom stereocenters. The number of amides is 1. The number of hydrogen-bond donors (Lipinski definition) is 2. The smallest absolute Gasteiger partial charge is 0.270 e. The summed E-state index contributed by atoms with van der Waals surface area (Å²) in [6, 6.07) is 16.9. The van der Waals surface area contributed by atoms with Gasteiger partial charge in [-0.3, -0.25) is 9.89 Å². The van der Waals surface area contributed by atoms with E-state index in [4.69, 9.17) is 9.47 Å². The second-order valence-electron chi connectivity index (χ2n) is 5.99. The normalized spacial score (nSPS) is 9.93. The summed E-state index contributed by atoms with van der Waals surface area (Å²) in [6.07, 6.45) is 0. The summed E-state index contributed by atoms with van der Waals surface area (Å²) < 4.78 is 10.8. The molecule has 0 saturated carbocycles. The summed E-state index contributed by atoms with van der Waals surface area (Å²) in [6.45, 7) is 2.47. The molecule has 1 amide bonds. The van der Waals surface area contributed by atoms with Crippen LogP contribution in [0.1, 0.15) is 16.1 Å². The third kappa shape index (κ3) is 4.92. The van der Waals surface area contributed by atoms with Crippen LogP contribution in [-0.2, 0) is 0 Å². The van der Waals surface area contributed by atoms with Gasteiger partial charge in [-0.2, -0.15) is 5.10 Å². The molecule has 2 aromatic carbocycles. The van der Waals surface area contributed by atoms with E-state index >= 15 is 0 Å². The van der Waals surface area contributed by atoms with E-state index in [0.717, 1.165) is 22.6 Å². The Balaban J connectivity index is 1.49. The molecular weight excluding hydrogens is 354 g/mol. The van der Waals surface area contributed by atoms with Crippen molar-refractivity contribution < 1.29 is 14.3 Å². The Hall–Kier alpha value is -3.72. The lowest BCUT2D eigenvalue weighted by molar-refractivity contribution is 0.0953. The SMILES string of the molecule is COc1cccc(-c2cc(C(=O)NCC#CCOc3ccccc3C)[nH]n2)c1. The summed E-state index contributed by atoms with van der Waals surface area (Å²) in [7, 11) is 1.61. The van der Waals surface area contributed by atoms with Gasteiger partial charge in [-0.1, -0.05) is 42.2 Å². The fraction of sp³-hybridized carbons (Fsp3) is 0.182. The first kappa shape index (κ1) is 19.1. The fourth-order valence-electron chi connectivity index (χ4n) is 2.53. The van der Waals surface area contributed by atoms with Crippen LogP contribution in [0.25, 0.3) is 11.3 Å². The first-order chi connectivity index (χ1) is 13.7. The van der Waals surface area contributed by atoms with Crippen molar-refractivity contribution >= 4 is 5.91 Å². The van der Waals surface area contributed by atoms with Crippen LogP contribution in [0.3, 0.4) is 0 Å². The van der Waals surface area contributed by atoms with Crippen LogP contribution in [0.2, 0.25) is 0 Å². The van der Waals surface area contributed by atoms with Crippen LogP contribution < -0.4 is 14.8 Å². The average Bonchev–Trinajstić information content (AvgIpc) is 3.22. The zero-order valence-corrected chi connectivity index (χ0v) is 15.8. The Labute approximate surface area is 163 Å². The Bertz CT molecular complexity index is 1010. The highest BCUT2D eigenvalue weighted by Crippen LogP contribution is 2.22. The van der Waals surface area contributed by atoms with Crippen molar-refractivity contribution in [1.29, 1.82) is 0 Å². The van der Waals surface area contributed by atoms with Gasteiger partial charge < -0.3 is 14.8 Å². The number of aromatic nitrogens is 2. The minimum absolute atomic E-state index is 0.226. The molecule has 0 aliphatic carbocycles. The maximum atomic E-state index is 12.2. The van der Waals surface area contributed by atoms with Crippen LogP contribution >= 0.6 is 0 Å². The number of ether oxygens (including phenoxy) is 2. The van der Waals surface area contributed by atoms with Gasteiger partial charge >= 0.3 is 0 Å². The highest BCUT2D eigenvalue weighted by atomic mass is 16.5. The third-order valence-corrected chi connectivity index (χ3v) is 4.04. The van der Waals surface area contributed by atoms with Crippen molar-refractivity contribution in [3.63, 3.8) is 0 Å². The predicted molar refractivity (Wildman–Crippen MR) is 107 cm³/mol. The zero-order valence-electron chi connectivity index (χ0n) is 15.8. The summed E-state index contributed by atoms with van der Waals surface area (Å²) in [5, 5.41) is 9.66. The number of carbonyl (C=O) groups excluding carboxylic acids is 1. The van der Waals surface area contributed by atoms with E-state index in [0.29, 0.717) is 11.4 Å². The van der Waals surface area contributed by atoms with Gasteiger partial charge in [0, 0.05) is 5.56 Å². The first-order valence-corrected chi connectivity index (χ1v) is 8.79. The number of nitrogens with one attached hydrogen (secondary N) is 2. The number of nitrogens with zero attached hydrogens (tertiary/aromatic N) is 1. The molecule has 0 aliphatic heterocycles. The van der Waals surface area contributed by atoms with Crippen molar-refractivity contribution in [2.24, 2.45) is 0 Å². The molecule has 3 aromatic rings.